The van der Waals surface area contributed by atoms with Crippen LogP contribution in [-0.4, -0.2) is 36.2 Å². The van der Waals surface area contributed by atoms with Crippen LogP contribution in [0.15, 0.2) is 36.8 Å². The number of hydrogen-bond acceptors (Lipinski definition) is 5. The maximum atomic E-state index is 12.5. The molecule has 0 atom stereocenters. The lowest BCUT2D eigenvalue weighted by atomic mass is 10.1. The van der Waals surface area contributed by atoms with Gasteiger partial charge in [0.15, 0.2) is 5.82 Å². The Bertz CT molecular complexity index is 906. The van der Waals surface area contributed by atoms with E-state index in [0.29, 0.717) is 6.54 Å². The van der Waals surface area contributed by atoms with E-state index in [2.05, 4.69) is 31.0 Å². The SMILES string of the molecule is Cc1cccnc1-c1cc2n(n1)CCN(Cc1cnc(C(F)F)nc1)C2. The van der Waals surface area contributed by atoms with Gasteiger partial charge in [-0.2, -0.15) is 5.10 Å². The molecule has 134 valence electrons. The standard InChI is InChI=1S/C18H18F2N6/c1-12-3-2-4-21-16(12)15-7-14-11-25(5-6-26(14)24-15)10-13-8-22-18(17(19)20)23-9-13/h2-4,7-9,17H,5-6,10-11H2,1H3. The van der Waals surface area contributed by atoms with Crippen molar-refractivity contribution in [2.75, 3.05) is 6.54 Å². The highest BCUT2D eigenvalue weighted by molar-refractivity contribution is 5.58. The van der Waals surface area contributed by atoms with Gasteiger partial charge in [-0.05, 0) is 24.6 Å². The fourth-order valence-electron chi connectivity index (χ4n) is 3.14. The summed E-state index contributed by atoms with van der Waals surface area (Å²) in [5, 5.41) is 4.67. The van der Waals surface area contributed by atoms with E-state index in [1.807, 2.05) is 23.7 Å². The lowest BCUT2D eigenvalue weighted by molar-refractivity contribution is 0.140. The summed E-state index contributed by atoms with van der Waals surface area (Å²) < 4.78 is 27.1. The molecule has 0 saturated heterocycles. The largest absolute Gasteiger partial charge is 0.297 e. The molecule has 0 spiro atoms. The molecule has 0 fully saturated rings. The molecule has 4 heterocycles. The second kappa shape index (κ2) is 6.87. The second-order valence-corrected chi connectivity index (χ2v) is 6.37. The van der Waals surface area contributed by atoms with Gasteiger partial charge in [-0.3, -0.25) is 14.6 Å². The summed E-state index contributed by atoms with van der Waals surface area (Å²) in [4.78, 5) is 14.1. The third kappa shape index (κ3) is 3.32. The number of nitrogens with zero attached hydrogens (tertiary/aromatic N) is 6. The van der Waals surface area contributed by atoms with E-state index in [9.17, 15) is 8.78 Å². The molecule has 0 radical (unpaired) electrons. The molecule has 0 amide bonds. The predicted molar refractivity (Wildman–Crippen MR) is 91.3 cm³/mol. The number of hydrogen-bond donors (Lipinski definition) is 0. The molecule has 3 aromatic heterocycles. The lowest BCUT2D eigenvalue weighted by Gasteiger charge is -2.27. The van der Waals surface area contributed by atoms with Crippen LogP contribution in [0, 0.1) is 6.92 Å². The van der Waals surface area contributed by atoms with Crippen molar-refractivity contribution in [3.8, 4) is 11.4 Å². The summed E-state index contributed by atoms with van der Waals surface area (Å²) in [7, 11) is 0. The highest BCUT2D eigenvalue weighted by Gasteiger charge is 2.20. The van der Waals surface area contributed by atoms with Crippen LogP contribution in [0.4, 0.5) is 8.78 Å². The van der Waals surface area contributed by atoms with Crippen molar-refractivity contribution in [3.05, 3.63) is 59.4 Å². The molecule has 1 aliphatic heterocycles. The number of alkyl halides is 2. The molecule has 0 aliphatic carbocycles. The first kappa shape index (κ1) is 16.7. The van der Waals surface area contributed by atoms with Gasteiger partial charge in [-0.25, -0.2) is 18.7 Å². The highest BCUT2D eigenvalue weighted by Crippen LogP contribution is 2.23. The minimum atomic E-state index is -2.64. The first-order chi connectivity index (χ1) is 12.6. The van der Waals surface area contributed by atoms with E-state index in [1.54, 1.807) is 6.20 Å². The normalized spacial score (nSPS) is 14.6. The van der Waals surface area contributed by atoms with Crippen molar-refractivity contribution in [2.24, 2.45) is 0 Å². The van der Waals surface area contributed by atoms with E-state index in [0.717, 1.165) is 47.8 Å². The van der Waals surface area contributed by atoms with Gasteiger partial charge in [0, 0.05) is 43.8 Å². The number of halogens is 2. The minimum absolute atomic E-state index is 0.430. The molecule has 6 nitrogen and oxygen atoms in total. The Hall–Kier alpha value is -2.74. The fraction of sp³-hybridized carbons (Fsp3) is 0.333. The van der Waals surface area contributed by atoms with Crippen LogP contribution in [-0.2, 0) is 19.6 Å². The van der Waals surface area contributed by atoms with Gasteiger partial charge in [0.1, 0.15) is 5.69 Å². The first-order valence-electron chi connectivity index (χ1n) is 8.40. The summed E-state index contributed by atoms with van der Waals surface area (Å²) >= 11 is 0. The molecule has 0 saturated carbocycles. The Morgan fingerprint density at radius 1 is 1.15 bits per heavy atom. The summed E-state index contributed by atoms with van der Waals surface area (Å²) in [5.74, 6) is -0.430. The van der Waals surface area contributed by atoms with Gasteiger partial charge in [0.2, 0.25) is 0 Å². The van der Waals surface area contributed by atoms with Gasteiger partial charge in [0.25, 0.3) is 6.43 Å². The van der Waals surface area contributed by atoms with E-state index < -0.39 is 12.2 Å². The number of aryl methyl sites for hydroxylation is 1. The van der Waals surface area contributed by atoms with E-state index in [4.69, 9.17) is 0 Å². The molecule has 0 unspecified atom stereocenters. The van der Waals surface area contributed by atoms with Crippen LogP contribution in [0.5, 0.6) is 0 Å². The summed E-state index contributed by atoms with van der Waals surface area (Å²) in [6.45, 7) is 4.97. The van der Waals surface area contributed by atoms with Crippen molar-refractivity contribution in [1.29, 1.82) is 0 Å². The van der Waals surface area contributed by atoms with E-state index >= 15 is 0 Å². The van der Waals surface area contributed by atoms with Crippen molar-refractivity contribution in [2.45, 2.75) is 33.0 Å². The molecule has 0 N–H and O–H groups in total. The fourth-order valence-corrected chi connectivity index (χ4v) is 3.14. The van der Waals surface area contributed by atoms with Crippen LogP contribution < -0.4 is 0 Å². The zero-order valence-electron chi connectivity index (χ0n) is 14.3. The highest BCUT2D eigenvalue weighted by atomic mass is 19.3. The van der Waals surface area contributed by atoms with Crippen LogP contribution in [0.1, 0.15) is 29.1 Å². The predicted octanol–water partition coefficient (Wildman–Crippen LogP) is 3.00. The number of pyridine rings is 1. The quantitative estimate of drug-likeness (QED) is 0.719. The van der Waals surface area contributed by atoms with Gasteiger partial charge in [0.05, 0.1) is 17.9 Å². The molecular formula is C18H18F2N6. The molecule has 4 rings (SSSR count). The van der Waals surface area contributed by atoms with Crippen molar-refractivity contribution in [3.63, 3.8) is 0 Å². The Labute approximate surface area is 149 Å². The zero-order chi connectivity index (χ0) is 18.1. The number of aromatic nitrogens is 5. The average Bonchev–Trinajstić information content (AvgIpc) is 3.05. The zero-order valence-corrected chi connectivity index (χ0v) is 14.3. The van der Waals surface area contributed by atoms with Gasteiger partial charge in [-0.1, -0.05) is 6.07 Å². The Morgan fingerprint density at radius 2 is 1.96 bits per heavy atom. The van der Waals surface area contributed by atoms with Gasteiger partial charge >= 0.3 is 0 Å². The van der Waals surface area contributed by atoms with E-state index in [1.165, 1.54) is 12.4 Å². The Balaban J connectivity index is 1.49. The maximum absolute atomic E-state index is 12.5. The Morgan fingerprint density at radius 3 is 2.69 bits per heavy atom. The second-order valence-electron chi connectivity index (χ2n) is 6.37. The molecule has 0 aromatic carbocycles. The number of rotatable bonds is 4. The van der Waals surface area contributed by atoms with Crippen LogP contribution in [0.25, 0.3) is 11.4 Å². The van der Waals surface area contributed by atoms with Gasteiger partial charge < -0.3 is 0 Å². The van der Waals surface area contributed by atoms with Crippen LogP contribution in [0.3, 0.4) is 0 Å². The molecule has 26 heavy (non-hydrogen) atoms. The van der Waals surface area contributed by atoms with Crippen LogP contribution in [0.2, 0.25) is 0 Å². The third-order valence-corrected chi connectivity index (χ3v) is 4.46. The minimum Gasteiger partial charge on any atom is -0.291 e. The van der Waals surface area contributed by atoms with Crippen molar-refractivity contribution < 1.29 is 8.78 Å². The first-order valence-corrected chi connectivity index (χ1v) is 8.40. The monoisotopic (exact) mass is 356 g/mol. The summed E-state index contributed by atoms with van der Waals surface area (Å²) in [5.41, 5.74) is 4.81. The maximum Gasteiger partial charge on any atom is 0.297 e. The average molecular weight is 356 g/mol. The molecule has 8 heteroatoms. The third-order valence-electron chi connectivity index (χ3n) is 4.46. The number of fused-ring (bicyclic) bond motifs is 1. The van der Waals surface area contributed by atoms with E-state index in [-0.39, 0.29) is 0 Å². The topological polar surface area (TPSA) is 59.7 Å². The van der Waals surface area contributed by atoms with Crippen molar-refractivity contribution in [1.82, 2.24) is 29.6 Å². The molecule has 1 aliphatic rings. The Kier molecular flexibility index (Phi) is 4.42. The van der Waals surface area contributed by atoms with Crippen LogP contribution >= 0.6 is 0 Å². The smallest absolute Gasteiger partial charge is 0.291 e. The summed E-state index contributed by atoms with van der Waals surface area (Å²) in [6, 6.07) is 6.01. The lowest BCUT2D eigenvalue weighted by Crippen LogP contribution is -2.33. The summed E-state index contributed by atoms with van der Waals surface area (Å²) in [6.07, 6.45) is 2.09. The molecule has 3 aromatic rings. The molecule has 0 bridgehead atoms. The van der Waals surface area contributed by atoms with Gasteiger partial charge in [-0.15, -0.1) is 0 Å². The molecular weight excluding hydrogens is 338 g/mol. The van der Waals surface area contributed by atoms with Crippen molar-refractivity contribution >= 4 is 0 Å².